The summed E-state index contributed by atoms with van der Waals surface area (Å²) in [6.45, 7) is 0. The van der Waals surface area contributed by atoms with Crippen molar-refractivity contribution < 1.29 is 43.6 Å². The van der Waals surface area contributed by atoms with Crippen LogP contribution in [0.4, 0.5) is 0 Å². The molecule has 4 heteroatoms. The SMILES string of the molecule is COc1ccc(C[C]2[CH][CH][CH][CH]2)cc1.COc1ccc(C[C]2[CH][CH][CH][CH]2)cc1.[Cl-].[Ti+4]. The van der Waals surface area contributed by atoms with Crippen LogP contribution in [0, 0.1) is 63.2 Å². The number of hydrogen-bond donors (Lipinski definition) is 0. The first-order valence-corrected chi connectivity index (χ1v) is 9.44. The molecule has 4 rings (SSSR count). The Hall–Kier alpha value is -0.956. The molecule has 0 saturated heterocycles. The van der Waals surface area contributed by atoms with E-state index >= 15 is 0 Å². The third kappa shape index (κ3) is 9.04. The van der Waals surface area contributed by atoms with Gasteiger partial charge in [-0.05, 0) is 111 Å². The topological polar surface area (TPSA) is 18.5 Å². The van der Waals surface area contributed by atoms with Crippen LogP contribution in [0.5, 0.6) is 11.5 Å². The van der Waals surface area contributed by atoms with Crippen LogP contribution in [0.15, 0.2) is 48.5 Å². The minimum Gasteiger partial charge on any atom is -1.00 e. The summed E-state index contributed by atoms with van der Waals surface area (Å²) in [5, 5.41) is 0. The molecule has 0 bridgehead atoms. The molecule has 2 aromatic carbocycles. The summed E-state index contributed by atoms with van der Waals surface area (Å²) in [6, 6.07) is 16.4. The molecule has 2 aliphatic carbocycles. The first-order chi connectivity index (χ1) is 13.8. The molecule has 2 aliphatic rings. The van der Waals surface area contributed by atoms with Crippen LogP contribution >= 0.6 is 0 Å². The fourth-order valence-corrected chi connectivity index (χ4v) is 3.02. The normalized spacial score (nSPS) is 16.1. The Labute approximate surface area is 204 Å². The van der Waals surface area contributed by atoms with Gasteiger partial charge >= 0.3 is 21.7 Å². The number of hydrogen-bond acceptors (Lipinski definition) is 2. The van der Waals surface area contributed by atoms with Gasteiger partial charge in [0, 0.05) is 0 Å². The van der Waals surface area contributed by atoms with Gasteiger partial charge < -0.3 is 21.9 Å². The minimum absolute atomic E-state index is 0. The zero-order valence-corrected chi connectivity index (χ0v) is 19.7. The van der Waals surface area contributed by atoms with Gasteiger partial charge in [-0.1, -0.05) is 24.3 Å². The van der Waals surface area contributed by atoms with Crippen molar-refractivity contribution in [2.24, 2.45) is 0 Å². The van der Waals surface area contributed by atoms with Crippen LogP contribution < -0.4 is 21.9 Å². The number of halogens is 1. The average molecular weight is 454 g/mol. The van der Waals surface area contributed by atoms with E-state index in [2.05, 4.69) is 75.6 Å². The third-order valence-electron chi connectivity index (χ3n) is 4.60. The van der Waals surface area contributed by atoms with Gasteiger partial charge in [0.05, 0.1) is 14.2 Å². The molecule has 10 radical (unpaired) electrons. The maximum absolute atomic E-state index is 5.10. The van der Waals surface area contributed by atoms with Crippen molar-refractivity contribution in [2.45, 2.75) is 12.8 Å². The zero-order valence-electron chi connectivity index (χ0n) is 17.3. The van der Waals surface area contributed by atoms with Crippen LogP contribution in [0.2, 0.25) is 0 Å². The monoisotopic (exact) mass is 453 g/mol. The molecule has 2 fully saturated rings. The van der Waals surface area contributed by atoms with E-state index in [1.165, 1.54) is 23.0 Å². The average Bonchev–Trinajstić information content (AvgIpc) is 3.44. The summed E-state index contributed by atoms with van der Waals surface area (Å²) in [4.78, 5) is 0. The number of methoxy groups -OCH3 is 2. The Bertz CT molecular complexity index is 614. The molecule has 0 amide bonds. The fourth-order valence-electron chi connectivity index (χ4n) is 3.02. The Morgan fingerprint density at radius 3 is 1.10 bits per heavy atom. The van der Waals surface area contributed by atoms with Gasteiger partial charge in [0.15, 0.2) is 0 Å². The third-order valence-corrected chi connectivity index (χ3v) is 4.60. The van der Waals surface area contributed by atoms with E-state index in [0.717, 1.165) is 24.3 Å². The predicted octanol–water partition coefficient (Wildman–Crippen LogP) is 2.29. The molecule has 2 nitrogen and oxygen atoms in total. The van der Waals surface area contributed by atoms with Crippen LogP contribution in [0.3, 0.4) is 0 Å². The van der Waals surface area contributed by atoms with E-state index in [1.807, 2.05) is 24.3 Å². The molecule has 150 valence electrons. The molecule has 0 aliphatic heterocycles. The molecule has 2 saturated carbocycles. The first kappa shape index (κ1) is 27.1. The van der Waals surface area contributed by atoms with Crippen molar-refractivity contribution in [1.29, 1.82) is 0 Å². The second-order valence-electron chi connectivity index (χ2n) is 6.64. The number of rotatable bonds is 6. The van der Waals surface area contributed by atoms with Gasteiger partial charge in [-0.25, -0.2) is 0 Å². The molecule has 0 N–H and O–H groups in total. The fraction of sp³-hybridized carbons (Fsp3) is 0.154. The Balaban J connectivity index is 0.000000281. The molecule has 0 unspecified atom stereocenters. The van der Waals surface area contributed by atoms with Crippen molar-refractivity contribution in [3.05, 3.63) is 123 Å². The molecule has 0 spiro atoms. The molecule has 0 heterocycles. The van der Waals surface area contributed by atoms with Crippen LogP contribution in [-0.2, 0) is 34.6 Å². The summed E-state index contributed by atoms with van der Waals surface area (Å²) >= 11 is 0. The van der Waals surface area contributed by atoms with E-state index in [-0.39, 0.29) is 34.1 Å². The van der Waals surface area contributed by atoms with Crippen molar-refractivity contribution >= 4 is 0 Å². The zero-order chi connectivity index (χ0) is 19.6. The molecule has 2 aromatic rings. The van der Waals surface area contributed by atoms with Crippen LogP contribution in [0.25, 0.3) is 0 Å². The summed E-state index contributed by atoms with van der Waals surface area (Å²) in [6.07, 6.45) is 18.8. The van der Waals surface area contributed by atoms with Crippen LogP contribution in [-0.4, -0.2) is 14.2 Å². The van der Waals surface area contributed by atoms with Gasteiger partial charge in [0.25, 0.3) is 0 Å². The maximum Gasteiger partial charge on any atom is 4.00 e. The molecule has 0 atom stereocenters. The van der Waals surface area contributed by atoms with Gasteiger partial charge in [0.2, 0.25) is 0 Å². The van der Waals surface area contributed by atoms with E-state index in [4.69, 9.17) is 9.47 Å². The summed E-state index contributed by atoms with van der Waals surface area (Å²) in [7, 11) is 3.37. The van der Waals surface area contributed by atoms with Gasteiger partial charge in [-0.2, -0.15) is 0 Å². The van der Waals surface area contributed by atoms with Crippen molar-refractivity contribution in [2.75, 3.05) is 14.2 Å². The Morgan fingerprint density at radius 2 is 0.833 bits per heavy atom. The second kappa shape index (κ2) is 14.9. The van der Waals surface area contributed by atoms with Crippen molar-refractivity contribution in [3.8, 4) is 11.5 Å². The molecule has 0 aromatic heterocycles. The quantitative estimate of drug-likeness (QED) is 0.625. The summed E-state index contributed by atoms with van der Waals surface area (Å²) in [5.74, 6) is 4.54. The molecular weight excluding hydrogens is 428 g/mol. The summed E-state index contributed by atoms with van der Waals surface area (Å²) in [5.41, 5.74) is 2.63. The van der Waals surface area contributed by atoms with Gasteiger partial charge in [-0.3, -0.25) is 0 Å². The number of ether oxygens (including phenoxy) is 2. The first-order valence-electron chi connectivity index (χ1n) is 9.44. The molecular formula is C26H26ClO2Ti+3. The van der Waals surface area contributed by atoms with Crippen molar-refractivity contribution in [1.82, 2.24) is 0 Å². The van der Waals surface area contributed by atoms with E-state index in [0.29, 0.717) is 0 Å². The second-order valence-corrected chi connectivity index (χ2v) is 6.64. The van der Waals surface area contributed by atoms with E-state index in [1.54, 1.807) is 14.2 Å². The number of benzene rings is 2. The standard InChI is InChI=1S/2C13H13O.ClH.Ti/c2*1-14-13-8-6-12(7-9-13)10-11-4-2-3-5-11;;/h2*2-9H,10H2,1H3;1H;/q;;;+4/p-1. The van der Waals surface area contributed by atoms with Gasteiger partial charge in [0.1, 0.15) is 11.5 Å². The smallest absolute Gasteiger partial charge is 1.00 e. The van der Waals surface area contributed by atoms with Gasteiger partial charge in [-0.15, -0.1) is 0 Å². The largest absolute Gasteiger partial charge is 4.00 e. The minimum atomic E-state index is 0. The predicted molar refractivity (Wildman–Crippen MR) is 114 cm³/mol. The van der Waals surface area contributed by atoms with E-state index in [9.17, 15) is 0 Å². The summed E-state index contributed by atoms with van der Waals surface area (Å²) < 4.78 is 10.2. The van der Waals surface area contributed by atoms with Crippen LogP contribution in [0.1, 0.15) is 11.1 Å². The molecule has 30 heavy (non-hydrogen) atoms. The Kier molecular flexibility index (Phi) is 13.5. The van der Waals surface area contributed by atoms with E-state index < -0.39 is 0 Å². The maximum atomic E-state index is 5.10. The Morgan fingerprint density at radius 1 is 0.533 bits per heavy atom. The van der Waals surface area contributed by atoms with Crippen molar-refractivity contribution in [3.63, 3.8) is 0 Å².